The fraction of sp³-hybridized carbons (Fsp3) is 0.0909. The standard InChI is InChI=1S/C11H10N2S/c1-2-6-10-8(4-1)13-11(14-10)9-5-3-7-12-9/h1-7,11-13H. The van der Waals surface area contributed by atoms with Crippen LogP contribution in [0.25, 0.3) is 0 Å². The Labute approximate surface area is 86.7 Å². The van der Waals surface area contributed by atoms with Crippen molar-refractivity contribution in [2.24, 2.45) is 0 Å². The third kappa shape index (κ3) is 1.21. The van der Waals surface area contributed by atoms with Crippen molar-refractivity contribution in [2.75, 3.05) is 5.32 Å². The molecule has 14 heavy (non-hydrogen) atoms. The van der Waals surface area contributed by atoms with Gasteiger partial charge in [0.25, 0.3) is 0 Å². The number of aromatic amines is 1. The van der Waals surface area contributed by atoms with E-state index in [1.807, 2.05) is 24.0 Å². The first-order valence-electron chi connectivity index (χ1n) is 4.59. The highest BCUT2D eigenvalue weighted by molar-refractivity contribution is 8.00. The molecule has 1 atom stereocenters. The van der Waals surface area contributed by atoms with Crippen LogP contribution in [0.3, 0.4) is 0 Å². The summed E-state index contributed by atoms with van der Waals surface area (Å²) in [7, 11) is 0. The molecule has 2 heterocycles. The van der Waals surface area contributed by atoms with Gasteiger partial charge in [0.15, 0.2) is 0 Å². The van der Waals surface area contributed by atoms with Crippen LogP contribution in [0.1, 0.15) is 11.1 Å². The Balaban J connectivity index is 1.92. The van der Waals surface area contributed by atoms with E-state index in [4.69, 9.17) is 0 Å². The third-order valence-electron chi connectivity index (χ3n) is 2.32. The summed E-state index contributed by atoms with van der Waals surface area (Å²) >= 11 is 1.85. The van der Waals surface area contributed by atoms with Crippen molar-refractivity contribution in [3.8, 4) is 0 Å². The minimum absolute atomic E-state index is 0.336. The largest absolute Gasteiger partial charge is 0.367 e. The van der Waals surface area contributed by atoms with Crippen LogP contribution >= 0.6 is 11.8 Å². The number of fused-ring (bicyclic) bond motifs is 1. The van der Waals surface area contributed by atoms with Crippen LogP contribution in [0.2, 0.25) is 0 Å². The van der Waals surface area contributed by atoms with E-state index in [0.29, 0.717) is 5.37 Å². The normalized spacial score (nSPS) is 19.0. The first-order valence-corrected chi connectivity index (χ1v) is 5.47. The topological polar surface area (TPSA) is 27.8 Å². The molecule has 2 nitrogen and oxygen atoms in total. The maximum absolute atomic E-state index is 3.47. The highest BCUT2D eigenvalue weighted by atomic mass is 32.2. The van der Waals surface area contributed by atoms with Gasteiger partial charge in [0.05, 0.1) is 0 Å². The van der Waals surface area contributed by atoms with Gasteiger partial charge in [0.1, 0.15) is 5.37 Å². The highest BCUT2D eigenvalue weighted by Crippen LogP contribution is 2.45. The maximum atomic E-state index is 3.47. The highest BCUT2D eigenvalue weighted by Gasteiger charge is 2.22. The van der Waals surface area contributed by atoms with Crippen molar-refractivity contribution in [3.63, 3.8) is 0 Å². The van der Waals surface area contributed by atoms with Gasteiger partial charge in [-0.05, 0) is 24.3 Å². The van der Waals surface area contributed by atoms with Crippen LogP contribution in [-0.4, -0.2) is 4.98 Å². The molecule has 1 aromatic heterocycles. The van der Waals surface area contributed by atoms with Gasteiger partial charge in [-0.15, -0.1) is 0 Å². The van der Waals surface area contributed by atoms with Gasteiger partial charge < -0.3 is 10.3 Å². The quantitative estimate of drug-likeness (QED) is 0.743. The average Bonchev–Trinajstić information content (AvgIpc) is 2.86. The van der Waals surface area contributed by atoms with Crippen molar-refractivity contribution >= 4 is 17.4 Å². The maximum Gasteiger partial charge on any atom is 0.118 e. The zero-order valence-electron chi connectivity index (χ0n) is 7.53. The molecule has 1 aliphatic rings. The molecule has 1 unspecified atom stereocenters. The van der Waals surface area contributed by atoms with Crippen LogP contribution in [0.4, 0.5) is 5.69 Å². The molecule has 3 heteroatoms. The van der Waals surface area contributed by atoms with Crippen LogP contribution < -0.4 is 5.32 Å². The van der Waals surface area contributed by atoms with Crippen LogP contribution in [0.5, 0.6) is 0 Å². The molecular weight excluding hydrogens is 192 g/mol. The van der Waals surface area contributed by atoms with Crippen LogP contribution in [0, 0.1) is 0 Å². The Kier molecular flexibility index (Phi) is 1.77. The fourth-order valence-corrected chi connectivity index (χ4v) is 2.76. The molecule has 0 aliphatic carbocycles. The molecule has 0 saturated heterocycles. The number of anilines is 1. The molecule has 0 bridgehead atoms. The predicted molar refractivity (Wildman–Crippen MR) is 59.5 cm³/mol. The molecular formula is C11H10N2S. The zero-order valence-corrected chi connectivity index (χ0v) is 8.34. The lowest BCUT2D eigenvalue weighted by atomic mass is 10.3. The molecule has 1 aliphatic heterocycles. The number of hydrogen-bond donors (Lipinski definition) is 2. The lowest BCUT2D eigenvalue weighted by molar-refractivity contribution is 1.06. The van der Waals surface area contributed by atoms with Gasteiger partial charge in [-0.3, -0.25) is 0 Å². The monoisotopic (exact) mass is 202 g/mol. The van der Waals surface area contributed by atoms with Crippen molar-refractivity contribution in [2.45, 2.75) is 10.3 Å². The fourth-order valence-electron chi connectivity index (χ4n) is 1.63. The zero-order chi connectivity index (χ0) is 9.38. The Bertz CT molecular complexity index is 411. The molecule has 2 aromatic rings. The van der Waals surface area contributed by atoms with E-state index in [-0.39, 0.29) is 0 Å². The molecule has 0 saturated carbocycles. The first-order chi connectivity index (χ1) is 6.93. The summed E-state index contributed by atoms with van der Waals surface area (Å²) in [5.74, 6) is 0. The molecule has 0 radical (unpaired) electrons. The lowest BCUT2D eigenvalue weighted by Crippen LogP contribution is -2.00. The van der Waals surface area contributed by atoms with Gasteiger partial charge in [-0.1, -0.05) is 23.9 Å². The minimum atomic E-state index is 0.336. The molecule has 0 spiro atoms. The summed E-state index contributed by atoms with van der Waals surface area (Å²) in [5, 5.41) is 3.80. The first kappa shape index (κ1) is 8.00. The van der Waals surface area contributed by atoms with E-state index < -0.39 is 0 Å². The van der Waals surface area contributed by atoms with Crippen molar-refractivity contribution in [1.82, 2.24) is 4.98 Å². The summed E-state index contributed by atoms with van der Waals surface area (Å²) < 4.78 is 0. The van der Waals surface area contributed by atoms with Crippen LogP contribution in [-0.2, 0) is 0 Å². The Morgan fingerprint density at radius 3 is 2.79 bits per heavy atom. The number of aromatic nitrogens is 1. The van der Waals surface area contributed by atoms with Gasteiger partial charge in [-0.2, -0.15) is 0 Å². The summed E-state index contributed by atoms with van der Waals surface area (Å²) in [6.07, 6.45) is 1.96. The van der Waals surface area contributed by atoms with Gasteiger partial charge in [0, 0.05) is 22.5 Å². The van der Waals surface area contributed by atoms with Gasteiger partial charge >= 0.3 is 0 Å². The lowest BCUT2D eigenvalue weighted by Gasteiger charge is -2.07. The van der Waals surface area contributed by atoms with Gasteiger partial charge in [-0.25, -0.2) is 0 Å². The number of rotatable bonds is 1. The number of H-pyrrole nitrogens is 1. The van der Waals surface area contributed by atoms with E-state index in [1.54, 1.807) is 0 Å². The van der Waals surface area contributed by atoms with E-state index >= 15 is 0 Å². The SMILES string of the molecule is c1c[nH]c(C2Nc3ccccc3S2)c1. The minimum Gasteiger partial charge on any atom is -0.367 e. The third-order valence-corrected chi connectivity index (χ3v) is 3.54. The Hall–Kier alpha value is -1.35. The van der Waals surface area contributed by atoms with Crippen LogP contribution in [0.15, 0.2) is 47.5 Å². The molecule has 0 fully saturated rings. The van der Waals surface area contributed by atoms with E-state index in [0.717, 1.165) is 0 Å². The molecule has 0 amide bonds. The average molecular weight is 202 g/mol. The molecule has 1 aromatic carbocycles. The Morgan fingerprint density at radius 1 is 1.07 bits per heavy atom. The molecule has 70 valence electrons. The number of hydrogen-bond acceptors (Lipinski definition) is 2. The van der Waals surface area contributed by atoms with Gasteiger partial charge in [0.2, 0.25) is 0 Å². The van der Waals surface area contributed by atoms with E-state index in [1.165, 1.54) is 16.3 Å². The number of nitrogens with one attached hydrogen (secondary N) is 2. The number of benzene rings is 1. The van der Waals surface area contributed by atoms with Crippen molar-refractivity contribution < 1.29 is 0 Å². The summed E-state index contributed by atoms with van der Waals surface area (Å²) in [4.78, 5) is 4.56. The number of thioether (sulfide) groups is 1. The summed E-state index contributed by atoms with van der Waals surface area (Å²) in [6.45, 7) is 0. The molecule has 2 N–H and O–H groups in total. The van der Waals surface area contributed by atoms with E-state index in [9.17, 15) is 0 Å². The smallest absolute Gasteiger partial charge is 0.118 e. The second-order valence-corrected chi connectivity index (χ2v) is 4.41. The number of para-hydroxylation sites is 1. The second kappa shape index (κ2) is 3.10. The summed E-state index contributed by atoms with van der Waals surface area (Å²) in [5.41, 5.74) is 2.46. The summed E-state index contributed by atoms with van der Waals surface area (Å²) in [6, 6.07) is 12.5. The molecule has 3 rings (SSSR count). The second-order valence-electron chi connectivity index (χ2n) is 3.26. The Morgan fingerprint density at radius 2 is 2.00 bits per heavy atom. The van der Waals surface area contributed by atoms with Crippen molar-refractivity contribution in [1.29, 1.82) is 0 Å². The van der Waals surface area contributed by atoms with Crippen molar-refractivity contribution in [3.05, 3.63) is 48.3 Å². The van der Waals surface area contributed by atoms with E-state index in [2.05, 4.69) is 40.6 Å². The predicted octanol–water partition coefficient (Wildman–Crippen LogP) is 3.23.